The standard InChI is InChI=1S/C7H3BrO2SSe/c8-4-2-11-7-3(4)1-5(12-7)6(9)10/h1-2H,(H,9,10). The first-order valence-electron chi connectivity index (χ1n) is 3.08. The van der Waals surface area contributed by atoms with Gasteiger partial charge in [-0.05, 0) is 0 Å². The second-order valence-electron chi connectivity index (χ2n) is 2.20. The predicted molar refractivity (Wildman–Crippen MR) is 53.4 cm³/mol. The number of thiophene rings is 1. The minimum atomic E-state index is -0.787. The van der Waals surface area contributed by atoms with E-state index in [0.29, 0.717) is 4.44 Å². The third-order valence-corrected chi connectivity index (χ3v) is 6.15. The van der Waals surface area contributed by atoms with Gasteiger partial charge in [0.2, 0.25) is 0 Å². The molecule has 2 aromatic heterocycles. The number of aromatic carboxylic acids is 1. The van der Waals surface area contributed by atoms with Crippen molar-refractivity contribution >= 4 is 56.7 Å². The Morgan fingerprint density at radius 2 is 2.42 bits per heavy atom. The SMILES string of the molecule is O=C(O)c1cc2c(Br)csc2[se]1. The zero-order valence-electron chi connectivity index (χ0n) is 5.70. The van der Waals surface area contributed by atoms with E-state index in [1.165, 1.54) is 3.57 Å². The topological polar surface area (TPSA) is 37.3 Å². The van der Waals surface area contributed by atoms with E-state index in [1.54, 1.807) is 17.4 Å². The Morgan fingerprint density at radius 3 is 3.00 bits per heavy atom. The number of hydrogen-bond donors (Lipinski definition) is 1. The fourth-order valence-electron chi connectivity index (χ4n) is 0.902. The van der Waals surface area contributed by atoms with Gasteiger partial charge in [-0.1, -0.05) is 0 Å². The summed E-state index contributed by atoms with van der Waals surface area (Å²) >= 11 is 5.01. The Labute approximate surface area is 86.7 Å². The molecule has 0 atom stereocenters. The molecule has 2 nitrogen and oxygen atoms in total. The van der Waals surface area contributed by atoms with E-state index >= 15 is 0 Å². The second kappa shape index (κ2) is 3.00. The summed E-state index contributed by atoms with van der Waals surface area (Å²) in [5, 5.41) is 11.8. The Balaban J connectivity index is 2.70. The van der Waals surface area contributed by atoms with Gasteiger partial charge in [0.25, 0.3) is 0 Å². The number of carboxylic acids is 1. The molecule has 2 aromatic rings. The number of carboxylic acid groups (broad SMARTS) is 1. The van der Waals surface area contributed by atoms with Crippen molar-refractivity contribution in [3.05, 3.63) is 20.4 Å². The maximum absolute atomic E-state index is 10.6. The first kappa shape index (κ1) is 8.51. The molecule has 1 N–H and O–H groups in total. The first-order valence-corrected chi connectivity index (χ1v) is 6.47. The van der Waals surface area contributed by atoms with Crippen LogP contribution in [-0.4, -0.2) is 25.6 Å². The van der Waals surface area contributed by atoms with Gasteiger partial charge in [0, 0.05) is 0 Å². The summed E-state index contributed by atoms with van der Waals surface area (Å²) in [6.07, 6.45) is 0. The third-order valence-electron chi connectivity index (χ3n) is 1.44. The third kappa shape index (κ3) is 1.27. The molecule has 0 amide bonds. The average Bonchev–Trinajstić information content (AvgIpc) is 2.53. The molecule has 0 saturated carbocycles. The van der Waals surface area contributed by atoms with Crippen LogP contribution < -0.4 is 0 Å². The van der Waals surface area contributed by atoms with Crippen LogP contribution in [0.2, 0.25) is 0 Å². The predicted octanol–water partition coefficient (Wildman–Crippen LogP) is 2.42. The van der Waals surface area contributed by atoms with Crippen LogP contribution in [0.4, 0.5) is 0 Å². The number of halogens is 1. The Kier molecular flexibility index (Phi) is 2.12. The maximum atomic E-state index is 10.6. The Bertz CT molecular complexity index is 445. The Hall–Kier alpha value is -0.0905. The van der Waals surface area contributed by atoms with Crippen LogP contribution in [0.1, 0.15) is 9.23 Å². The van der Waals surface area contributed by atoms with Crippen LogP contribution in [0.25, 0.3) is 8.96 Å². The normalized spacial score (nSPS) is 10.8. The van der Waals surface area contributed by atoms with Crippen molar-refractivity contribution in [2.45, 2.75) is 0 Å². The van der Waals surface area contributed by atoms with Gasteiger partial charge >= 0.3 is 87.0 Å². The molecule has 0 aliphatic carbocycles. The molecular weight excluding hydrogens is 307 g/mol. The van der Waals surface area contributed by atoms with E-state index in [1.807, 2.05) is 5.38 Å². The molecule has 2 rings (SSSR count). The van der Waals surface area contributed by atoms with E-state index in [9.17, 15) is 4.79 Å². The summed E-state index contributed by atoms with van der Waals surface area (Å²) in [6, 6.07) is 1.76. The molecule has 0 unspecified atom stereocenters. The van der Waals surface area contributed by atoms with Gasteiger partial charge in [0.15, 0.2) is 0 Å². The molecule has 62 valence electrons. The molecule has 0 fully saturated rings. The summed E-state index contributed by atoms with van der Waals surface area (Å²) in [5.41, 5.74) is 0. The van der Waals surface area contributed by atoms with Gasteiger partial charge in [0.1, 0.15) is 0 Å². The fraction of sp³-hybridized carbons (Fsp3) is 0. The van der Waals surface area contributed by atoms with Crippen molar-refractivity contribution in [2.24, 2.45) is 0 Å². The van der Waals surface area contributed by atoms with Gasteiger partial charge in [-0.25, -0.2) is 0 Å². The first-order chi connectivity index (χ1) is 5.68. The number of fused-ring (bicyclic) bond motifs is 1. The van der Waals surface area contributed by atoms with Crippen molar-refractivity contribution in [3.8, 4) is 0 Å². The second-order valence-corrected chi connectivity index (χ2v) is 6.73. The van der Waals surface area contributed by atoms with Gasteiger partial charge in [-0.2, -0.15) is 0 Å². The quantitative estimate of drug-likeness (QED) is 0.822. The molecular formula is C7H3BrO2SSe. The van der Waals surface area contributed by atoms with E-state index in [0.717, 1.165) is 9.86 Å². The minimum absolute atomic E-state index is 0.0118. The van der Waals surface area contributed by atoms with Crippen LogP contribution in [0.15, 0.2) is 15.9 Å². The van der Waals surface area contributed by atoms with E-state index in [-0.39, 0.29) is 14.5 Å². The van der Waals surface area contributed by atoms with Crippen LogP contribution in [0, 0.1) is 0 Å². The molecule has 2 heterocycles. The van der Waals surface area contributed by atoms with Crippen LogP contribution in [0.3, 0.4) is 0 Å². The number of carbonyl (C=O) groups is 1. The molecule has 0 radical (unpaired) electrons. The summed E-state index contributed by atoms with van der Waals surface area (Å²) in [6.45, 7) is 0. The Morgan fingerprint density at radius 1 is 1.67 bits per heavy atom. The summed E-state index contributed by atoms with van der Waals surface area (Å²) < 4.78 is 2.76. The van der Waals surface area contributed by atoms with Crippen molar-refractivity contribution in [1.82, 2.24) is 0 Å². The molecule has 0 bridgehead atoms. The van der Waals surface area contributed by atoms with Gasteiger partial charge < -0.3 is 0 Å². The fourth-order valence-corrected chi connectivity index (χ4v) is 5.23. The summed E-state index contributed by atoms with van der Waals surface area (Å²) in [5.74, 6) is -0.787. The van der Waals surface area contributed by atoms with Gasteiger partial charge in [-0.15, -0.1) is 0 Å². The molecule has 0 aliphatic heterocycles. The van der Waals surface area contributed by atoms with Crippen molar-refractivity contribution in [2.75, 3.05) is 0 Å². The summed E-state index contributed by atoms with van der Waals surface area (Å²) in [7, 11) is 0. The molecule has 0 saturated heterocycles. The zero-order chi connectivity index (χ0) is 8.72. The monoisotopic (exact) mass is 310 g/mol. The molecule has 0 spiro atoms. The number of hydrogen-bond acceptors (Lipinski definition) is 2. The van der Waals surface area contributed by atoms with Crippen LogP contribution in [0.5, 0.6) is 0 Å². The van der Waals surface area contributed by atoms with Crippen LogP contribution in [-0.2, 0) is 0 Å². The van der Waals surface area contributed by atoms with Gasteiger partial charge in [0.05, 0.1) is 0 Å². The zero-order valence-corrected chi connectivity index (χ0v) is 9.82. The van der Waals surface area contributed by atoms with Crippen LogP contribution >= 0.6 is 27.3 Å². The number of rotatable bonds is 1. The molecule has 5 heteroatoms. The van der Waals surface area contributed by atoms with Gasteiger partial charge in [-0.3, -0.25) is 0 Å². The molecule has 0 aliphatic rings. The molecule has 0 aromatic carbocycles. The van der Waals surface area contributed by atoms with Crippen molar-refractivity contribution < 1.29 is 9.90 Å². The van der Waals surface area contributed by atoms with E-state index in [4.69, 9.17) is 5.11 Å². The molecule has 12 heavy (non-hydrogen) atoms. The van der Waals surface area contributed by atoms with Crippen molar-refractivity contribution in [1.29, 1.82) is 0 Å². The van der Waals surface area contributed by atoms with Crippen molar-refractivity contribution in [3.63, 3.8) is 0 Å². The summed E-state index contributed by atoms with van der Waals surface area (Å²) in [4.78, 5) is 10.6. The van der Waals surface area contributed by atoms with E-state index in [2.05, 4.69) is 15.9 Å². The van der Waals surface area contributed by atoms with E-state index < -0.39 is 5.97 Å². The average molecular weight is 310 g/mol.